The van der Waals surface area contributed by atoms with E-state index in [9.17, 15) is 0 Å². The molecule has 86 valence electrons. The molecule has 0 bridgehead atoms. The molecule has 2 saturated heterocycles. The molecular weight excluding hydrogens is 189 g/mol. The second kappa shape index (κ2) is 3.76. The first kappa shape index (κ1) is 7.31. The summed E-state index contributed by atoms with van der Waals surface area (Å²) in [5, 5.41) is 2.38. The molecule has 0 aliphatic carbocycles. The standard InChI is InChI=1S/C11H22BNO2/c1-10(2)11(3,4)15-12(14-10)9-5-7-13-8-6-9/h9,13H,5-8H2,1-4H3/i7D2,8D2. The van der Waals surface area contributed by atoms with Crippen LogP contribution in [-0.4, -0.2) is 31.3 Å². The molecule has 0 spiro atoms. The third-order valence-corrected chi connectivity index (χ3v) is 3.56. The lowest BCUT2D eigenvalue weighted by Crippen LogP contribution is -2.41. The predicted molar refractivity (Wildman–Crippen MR) is 61.9 cm³/mol. The monoisotopic (exact) mass is 215 g/mol. The van der Waals surface area contributed by atoms with Gasteiger partial charge in [-0.05, 0) is 59.3 Å². The van der Waals surface area contributed by atoms with E-state index in [-0.39, 0.29) is 18.7 Å². The Morgan fingerprint density at radius 3 is 2.07 bits per heavy atom. The summed E-state index contributed by atoms with van der Waals surface area (Å²) in [6.45, 7) is 4.29. The Bertz CT molecular complexity index is 344. The van der Waals surface area contributed by atoms with Crippen molar-refractivity contribution in [2.45, 2.75) is 57.6 Å². The van der Waals surface area contributed by atoms with E-state index in [2.05, 4.69) is 5.32 Å². The Balaban J connectivity index is 2.15. The van der Waals surface area contributed by atoms with Gasteiger partial charge in [0.2, 0.25) is 0 Å². The second-order valence-electron chi connectivity index (χ2n) is 5.27. The topological polar surface area (TPSA) is 30.5 Å². The van der Waals surface area contributed by atoms with Crippen molar-refractivity contribution >= 4 is 7.12 Å². The average molecular weight is 215 g/mol. The molecule has 2 aliphatic rings. The van der Waals surface area contributed by atoms with Gasteiger partial charge < -0.3 is 14.6 Å². The number of hydrogen-bond acceptors (Lipinski definition) is 3. The van der Waals surface area contributed by atoms with E-state index in [0.717, 1.165) is 0 Å². The minimum absolute atomic E-state index is 0.184. The number of rotatable bonds is 1. The van der Waals surface area contributed by atoms with Gasteiger partial charge >= 0.3 is 7.12 Å². The zero-order valence-corrected chi connectivity index (χ0v) is 9.89. The molecule has 0 unspecified atom stereocenters. The van der Waals surface area contributed by atoms with Crippen molar-refractivity contribution in [3.05, 3.63) is 0 Å². The van der Waals surface area contributed by atoms with Crippen molar-refractivity contribution < 1.29 is 14.8 Å². The molecule has 0 saturated carbocycles. The summed E-state index contributed by atoms with van der Waals surface area (Å²) in [5.41, 5.74) is -0.941. The normalized spacial score (nSPS) is 41.5. The Morgan fingerprint density at radius 2 is 1.60 bits per heavy atom. The van der Waals surface area contributed by atoms with Crippen molar-refractivity contribution in [1.82, 2.24) is 5.32 Å². The summed E-state index contributed by atoms with van der Waals surface area (Å²) in [5.74, 6) is -0.299. The Labute approximate surface area is 98.7 Å². The summed E-state index contributed by atoms with van der Waals surface area (Å²) in [7, 11) is -0.558. The fourth-order valence-corrected chi connectivity index (χ4v) is 1.77. The molecule has 2 rings (SSSR count). The highest BCUT2D eigenvalue weighted by Crippen LogP contribution is 2.41. The third kappa shape index (κ3) is 2.08. The van der Waals surface area contributed by atoms with Gasteiger partial charge in [-0.3, -0.25) is 0 Å². The van der Waals surface area contributed by atoms with Crippen LogP contribution >= 0.6 is 0 Å². The summed E-state index contributed by atoms with van der Waals surface area (Å²) in [6, 6.07) is 0. The van der Waals surface area contributed by atoms with Crippen molar-refractivity contribution in [3.63, 3.8) is 0 Å². The van der Waals surface area contributed by atoms with Crippen molar-refractivity contribution in [2.24, 2.45) is 0 Å². The molecule has 0 amide bonds. The van der Waals surface area contributed by atoms with Gasteiger partial charge in [0.05, 0.1) is 11.2 Å². The van der Waals surface area contributed by atoms with Crippen LogP contribution in [0.1, 0.15) is 46.0 Å². The molecule has 0 atom stereocenters. The van der Waals surface area contributed by atoms with Gasteiger partial charge in [-0.25, -0.2) is 0 Å². The summed E-state index contributed by atoms with van der Waals surface area (Å²) < 4.78 is 42.9. The molecule has 3 nitrogen and oxygen atoms in total. The highest BCUT2D eigenvalue weighted by atomic mass is 16.7. The minimum Gasteiger partial charge on any atom is -0.403 e. The van der Waals surface area contributed by atoms with Crippen LogP contribution in [0, 0.1) is 0 Å². The summed E-state index contributed by atoms with van der Waals surface area (Å²) in [4.78, 5) is 0. The first-order valence-corrected chi connectivity index (χ1v) is 5.49. The summed E-state index contributed by atoms with van der Waals surface area (Å²) >= 11 is 0. The van der Waals surface area contributed by atoms with Crippen LogP contribution in [0.5, 0.6) is 0 Å². The van der Waals surface area contributed by atoms with Crippen LogP contribution in [0.25, 0.3) is 0 Å². The van der Waals surface area contributed by atoms with E-state index in [1.54, 1.807) is 0 Å². The quantitative estimate of drug-likeness (QED) is 0.677. The maximum absolute atomic E-state index is 7.78. The lowest BCUT2D eigenvalue weighted by Gasteiger charge is -2.32. The fourth-order valence-electron chi connectivity index (χ4n) is 1.77. The Morgan fingerprint density at radius 1 is 1.13 bits per heavy atom. The zero-order valence-electron chi connectivity index (χ0n) is 13.9. The van der Waals surface area contributed by atoms with E-state index in [1.807, 2.05) is 27.7 Å². The van der Waals surface area contributed by atoms with Gasteiger partial charge in [0.1, 0.15) is 0 Å². The second-order valence-corrected chi connectivity index (χ2v) is 5.27. The maximum atomic E-state index is 7.78. The molecule has 1 N–H and O–H groups in total. The molecule has 0 aromatic rings. The largest absolute Gasteiger partial charge is 0.461 e. The highest BCUT2D eigenvalue weighted by molar-refractivity contribution is 6.47. The molecular formula is C11H22BNO2. The van der Waals surface area contributed by atoms with Crippen LogP contribution in [0.15, 0.2) is 0 Å². The third-order valence-electron chi connectivity index (χ3n) is 3.56. The van der Waals surface area contributed by atoms with E-state index >= 15 is 0 Å². The molecule has 2 heterocycles. The molecule has 0 radical (unpaired) electrons. The molecule has 4 heteroatoms. The summed E-state index contributed by atoms with van der Waals surface area (Å²) in [6.07, 6.45) is 0.368. The maximum Gasteiger partial charge on any atom is 0.461 e. The van der Waals surface area contributed by atoms with Crippen LogP contribution in [0.4, 0.5) is 0 Å². The van der Waals surface area contributed by atoms with Gasteiger partial charge in [-0.2, -0.15) is 0 Å². The fraction of sp³-hybridized carbons (Fsp3) is 1.00. The van der Waals surface area contributed by atoms with Gasteiger partial charge in [0, 0.05) is 5.48 Å². The van der Waals surface area contributed by atoms with Crippen molar-refractivity contribution in [1.29, 1.82) is 0 Å². The number of piperidine rings is 1. The lowest BCUT2D eigenvalue weighted by atomic mass is 9.67. The van der Waals surface area contributed by atoms with Gasteiger partial charge in [0.15, 0.2) is 0 Å². The molecule has 15 heavy (non-hydrogen) atoms. The SMILES string of the molecule is [2H]C1([2H])CC(B2OC(C)(C)C(C)(C)O2)CC([2H])([2H])N1. The Hall–Kier alpha value is -0.0551. The number of nitrogens with one attached hydrogen (secondary N) is 1. The zero-order chi connectivity index (χ0) is 14.7. The Kier molecular flexibility index (Phi) is 1.83. The average Bonchev–Trinajstić information content (AvgIpc) is 2.30. The first-order chi connectivity index (χ1) is 8.34. The first-order valence-electron chi connectivity index (χ1n) is 7.49. The van der Waals surface area contributed by atoms with E-state index in [1.165, 1.54) is 0 Å². The van der Waals surface area contributed by atoms with Crippen LogP contribution in [0.2, 0.25) is 5.82 Å². The highest BCUT2D eigenvalue weighted by Gasteiger charge is 2.53. The van der Waals surface area contributed by atoms with Crippen molar-refractivity contribution in [2.75, 3.05) is 13.0 Å². The molecule has 2 fully saturated rings. The van der Waals surface area contributed by atoms with Crippen LogP contribution in [-0.2, 0) is 9.31 Å². The van der Waals surface area contributed by atoms with Gasteiger partial charge in [0.25, 0.3) is 0 Å². The smallest absolute Gasteiger partial charge is 0.403 e. The molecule has 0 aromatic carbocycles. The predicted octanol–water partition coefficient (Wildman–Crippen LogP) is 1.83. The molecule has 2 aliphatic heterocycles. The van der Waals surface area contributed by atoms with Gasteiger partial charge in [-0.1, -0.05) is 0 Å². The van der Waals surface area contributed by atoms with Crippen LogP contribution < -0.4 is 5.32 Å². The van der Waals surface area contributed by atoms with Gasteiger partial charge in [-0.15, -0.1) is 0 Å². The molecule has 0 aromatic heterocycles. The van der Waals surface area contributed by atoms with Crippen LogP contribution in [0.3, 0.4) is 0 Å². The van der Waals surface area contributed by atoms with E-state index in [4.69, 9.17) is 14.8 Å². The lowest BCUT2D eigenvalue weighted by molar-refractivity contribution is 0.00578. The van der Waals surface area contributed by atoms with Crippen molar-refractivity contribution in [3.8, 4) is 0 Å². The van der Waals surface area contributed by atoms with E-state index < -0.39 is 31.3 Å². The van der Waals surface area contributed by atoms with E-state index in [0.29, 0.717) is 0 Å². The minimum atomic E-state index is -1.74. The number of hydrogen-bond donors (Lipinski definition) is 1.